The van der Waals surface area contributed by atoms with Crippen LogP contribution >= 0.6 is 0 Å². The molecular formula is C15H28N4O. The van der Waals surface area contributed by atoms with Gasteiger partial charge in [0.25, 0.3) is 0 Å². The minimum atomic E-state index is 0.0480. The van der Waals surface area contributed by atoms with Crippen LogP contribution in [0.4, 0.5) is 0 Å². The fourth-order valence-electron chi connectivity index (χ4n) is 2.39. The lowest BCUT2D eigenvalue weighted by molar-refractivity contribution is -0.0253. The average molecular weight is 280 g/mol. The van der Waals surface area contributed by atoms with Crippen molar-refractivity contribution in [3.63, 3.8) is 0 Å². The largest absolute Gasteiger partial charge is 0.374 e. The summed E-state index contributed by atoms with van der Waals surface area (Å²) in [4.78, 5) is 2.44. The molecule has 0 radical (unpaired) electrons. The van der Waals surface area contributed by atoms with Crippen molar-refractivity contribution in [2.75, 3.05) is 32.8 Å². The number of ether oxygens (including phenoxy) is 1. The second-order valence-electron chi connectivity index (χ2n) is 6.48. The van der Waals surface area contributed by atoms with Crippen LogP contribution in [0, 0.1) is 0 Å². The van der Waals surface area contributed by atoms with Crippen LogP contribution in [0.1, 0.15) is 33.3 Å². The van der Waals surface area contributed by atoms with Gasteiger partial charge in [-0.1, -0.05) is 6.92 Å². The summed E-state index contributed by atoms with van der Waals surface area (Å²) in [7, 11) is 0. The molecule has 5 heteroatoms. The summed E-state index contributed by atoms with van der Waals surface area (Å²) in [6.07, 6.45) is 4.37. The van der Waals surface area contributed by atoms with Gasteiger partial charge >= 0.3 is 0 Å². The smallest absolute Gasteiger partial charge is 0.0826 e. The van der Waals surface area contributed by atoms with Gasteiger partial charge in [0.2, 0.25) is 0 Å². The van der Waals surface area contributed by atoms with E-state index >= 15 is 0 Å². The van der Waals surface area contributed by atoms with Crippen LogP contribution in [0.3, 0.4) is 0 Å². The third kappa shape index (κ3) is 4.30. The maximum atomic E-state index is 5.78. The summed E-state index contributed by atoms with van der Waals surface area (Å²) < 4.78 is 7.80. The number of likely N-dealkylation sites (N-methyl/N-ethyl adjacent to an activating group) is 1. The number of nitrogens with one attached hydrogen (secondary N) is 1. The number of morpholine rings is 1. The fourth-order valence-corrected chi connectivity index (χ4v) is 2.39. The van der Waals surface area contributed by atoms with Crippen molar-refractivity contribution >= 4 is 0 Å². The first kappa shape index (κ1) is 15.5. The number of hydrogen-bond donors (Lipinski definition) is 1. The molecule has 1 aliphatic rings. The molecular weight excluding hydrogens is 252 g/mol. The molecule has 0 aliphatic carbocycles. The van der Waals surface area contributed by atoms with Gasteiger partial charge in [-0.05, 0) is 27.3 Å². The van der Waals surface area contributed by atoms with Gasteiger partial charge in [0.15, 0.2) is 0 Å². The Kier molecular flexibility index (Phi) is 5.18. The molecule has 0 saturated carbocycles. The van der Waals surface area contributed by atoms with Crippen molar-refractivity contribution in [2.24, 2.45) is 0 Å². The summed E-state index contributed by atoms with van der Waals surface area (Å²) in [6, 6.07) is 0. The Bertz CT molecular complexity index is 410. The normalized spacial score (nSPS) is 21.3. The lowest BCUT2D eigenvalue weighted by Gasteiger charge is -2.32. The fraction of sp³-hybridized carbons (Fsp3) is 0.800. The number of nitrogens with zero attached hydrogens (tertiary/aromatic N) is 3. The Hall–Kier alpha value is -0.910. The van der Waals surface area contributed by atoms with E-state index in [2.05, 4.69) is 49.2 Å². The third-order valence-electron chi connectivity index (χ3n) is 3.69. The van der Waals surface area contributed by atoms with Crippen LogP contribution in [0.2, 0.25) is 0 Å². The maximum absolute atomic E-state index is 5.78. The molecule has 114 valence electrons. The predicted molar refractivity (Wildman–Crippen MR) is 80.8 cm³/mol. The Morgan fingerprint density at radius 2 is 2.25 bits per heavy atom. The van der Waals surface area contributed by atoms with Gasteiger partial charge in [0, 0.05) is 37.9 Å². The second-order valence-corrected chi connectivity index (χ2v) is 6.48. The zero-order chi connectivity index (χ0) is 14.6. The van der Waals surface area contributed by atoms with Gasteiger partial charge in [0.1, 0.15) is 0 Å². The summed E-state index contributed by atoms with van der Waals surface area (Å²) >= 11 is 0. The molecule has 2 rings (SSSR count). The van der Waals surface area contributed by atoms with Crippen LogP contribution < -0.4 is 5.32 Å². The zero-order valence-corrected chi connectivity index (χ0v) is 13.2. The molecule has 1 saturated heterocycles. The van der Waals surface area contributed by atoms with E-state index in [0.717, 1.165) is 39.3 Å². The SMILES string of the molecule is CCN1CCO[C@@H](CNCc2cnn(C(C)(C)C)c2)C1. The van der Waals surface area contributed by atoms with Crippen LogP contribution in [0.5, 0.6) is 0 Å². The van der Waals surface area contributed by atoms with Gasteiger partial charge < -0.3 is 10.1 Å². The van der Waals surface area contributed by atoms with Crippen molar-refractivity contribution in [1.82, 2.24) is 20.0 Å². The first-order valence-corrected chi connectivity index (χ1v) is 7.57. The van der Waals surface area contributed by atoms with Crippen LogP contribution in [0.15, 0.2) is 12.4 Å². The van der Waals surface area contributed by atoms with Crippen LogP contribution in [-0.2, 0) is 16.8 Å². The highest BCUT2D eigenvalue weighted by Gasteiger charge is 2.19. The highest BCUT2D eigenvalue weighted by atomic mass is 16.5. The van der Waals surface area contributed by atoms with E-state index in [1.807, 2.05) is 10.9 Å². The molecule has 20 heavy (non-hydrogen) atoms. The minimum absolute atomic E-state index is 0.0480. The first-order valence-electron chi connectivity index (χ1n) is 7.57. The predicted octanol–water partition coefficient (Wildman–Crippen LogP) is 1.45. The molecule has 0 unspecified atom stereocenters. The van der Waals surface area contributed by atoms with Gasteiger partial charge in [-0.3, -0.25) is 9.58 Å². The zero-order valence-electron chi connectivity index (χ0n) is 13.2. The molecule has 0 bridgehead atoms. The topological polar surface area (TPSA) is 42.3 Å². The molecule has 1 aromatic rings. The minimum Gasteiger partial charge on any atom is -0.374 e. The molecule has 0 spiro atoms. The van der Waals surface area contributed by atoms with E-state index in [-0.39, 0.29) is 5.54 Å². The summed E-state index contributed by atoms with van der Waals surface area (Å²) in [5.74, 6) is 0. The van der Waals surface area contributed by atoms with E-state index < -0.39 is 0 Å². The van der Waals surface area contributed by atoms with E-state index in [4.69, 9.17) is 4.74 Å². The first-order chi connectivity index (χ1) is 9.49. The van der Waals surface area contributed by atoms with Crippen LogP contribution in [-0.4, -0.2) is 53.6 Å². The van der Waals surface area contributed by atoms with E-state index in [0.29, 0.717) is 6.10 Å². The molecule has 5 nitrogen and oxygen atoms in total. The monoisotopic (exact) mass is 280 g/mol. The molecule has 1 N–H and O–H groups in total. The van der Waals surface area contributed by atoms with Gasteiger partial charge in [-0.2, -0.15) is 5.10 Å². The summed E-state index contributed by atoms with van der Waals surface area (Å²) in [5.41, 5.74) is 1.27. The second kappa shape index (κ2) is 6.70. The summed E-state index contributed by atoms with van der Waals surface area (Å²) in [6.45, 7) is 14.5. The summed E-state index contributed by atoms with van der Waals surface area (Å²) in [5, 5.41) is 7.89. The molecule has 0 aromatic carbocycles. The van der Waals surface area contributed by atoms with Crippen molar-refractivity contribution in [3.05, 3.63) is 18.0 Å². The maximum Gasteiger partial charge on any atom is 0.0826 e. The van der Waals surface area contributed by atoms with Gasteiger partial charge in [0.05, 0.1) is 24.4 Å². The number of aromatic nitrogens is 2. The molecule has 1 aromatic heterocycles. The van der Waals surface area contributed by atoms with Crippen molar-refractivity contribution in [3.8, 4) is 0 Å². The highest BCUT2D eigenvalue weighted by molar-refractivity contribution is 5.04. The van der Waals surface area contributed by atoms with E-state index in [9.17, 15) is 0 Å². The number of hydrogen-bond acceptors (Lipinski definition) is 4. The Morgan fingerprint density at radius 1 is 1.45 bits per heavy atom. The molecule has 0 amide bonds. The standard InChI is InChI=1S/C15H28N4O/c1-5-18-6-7-20-14(12-18)10-16-8-13-9-17-19(11-13)15(2,3)4/h9,11,14,16H,5-8,10,12H2,1-4H3/t14-/m0/s1. The highest BCUT2D eigenvalue weighted by Crippen LogP contribution is 2.13. The quantitative estimate of drug-likeness (QED) is 0.886. The van der Waals surface area contributed by atoms with Crippen LogP contribution in [0.25, 0.3) is 0 Å². The molecule has 1 fully saturated rings. The Labute approximate surface area is 122 Å². The van der Waals surface area contributed by atoms with Crippen molar-refractivity contribution in [1.29, 1.82) is 0 Å². The molecule has 1 aliphatic heterocycles. The van der Waals surface area contributed by atoms with E-state index in [1.165, 1.54) is 5.56 Å². The molecule has 2 heterocycles. The van der Waals surface area contributed by atoms with Gasteiger partial charge in [-0.25, -0.2) is 0 Å². The van der Waals surface area contributed by atoms with Gasteiger partial charge in [-0.15, -0.1) is 0 Å². The van der Waals surface area contributed by atoms with E-state index in [1.54, 1.807) is 0 Å². The Balaban J connectivity index is 1.74. The number of rotatable bonds is 5. The van der Waals surface area contributed by atoms with Crippen molar-refractivity contribution < 1.29 is 4.74 Å². The lowest BCUT2D eigenvalue weighted by Crippen LogP contribution is -2.46. The third-order valence-corrected chi connectivity index (χ3v) is 3.69. The Morgan fingerprint density at radius 3 is 2.90 bits per heavy atom. The molecule has 1 atom stereocenters. The van der Waals surface area contributed by atoms with Crippen molar-refractivity contribution in [2.45, 2.75) is 45.9 Å². The lowest BCUT2D eigenvalue weighted by atomic mass is 10.1. The average Bonchev–Trinajstić information content (AvgIpc) is 2.88.